The molecule has 114 valence electrons. The van der Waals surface area contributed by atoms with E-state index >= 15 is 0 Å². The highest BCUT2D eigenvalue weighted by Crippen LogP contribution is 2.40. The minimum atomic E-state index is -2.87. The molecule has 0 spiro atoms. The highest BCUT2D eigenvalue weighted by molar-refractivity contribution is 6.30. The normalized spacial score (nSPS) is 31.8. The van der Waals surface area contributed by atoms with Crippen molar-refractivity contribution in [1.29, 1.82) is 0 Å². The lowest BCUT2D eigenvalue weighted by atomic mass is 9.97. The summed E-state index contributed by atoms with van der Waals surface area (Å²) >= 11 is 5.13. The monoisotopic (exact) mass is 322 g/mol. The van der Waals surface area contributed by atoms with E-state index in [1.807, 2.05) is 5.92 Å². The van der Waals surface area contributed by atoms with Crippen LogP contribution in [0.5, 0.6) is 0 Å². The third kappa shape index (κ3) is 2.47. The van der Waals surface area contributed by atoms with Crippen molar-refractivity contribution in [3.8, 4) is 11.3 Å². The summed E-state index contributed by atoms with van der Waals surface area (Å²) < 4.78 is 33.4. The maximum absolute atomic E-state index is 14.8. The molecule has 1 saturated heterocycles. The molecule has 0 aromatic carbocycles. The van der Waals surface area contributed by atoms with Gasteiger partial charge in [0.1, 0.15) is 12.2 Å². The second kappa shape index (κ2) is 5.57. The first kappa shape index (κ1) is 15.7. The van der Waals surface area contributed by atoms with Crippen molar-refractivity contribution >= 4 is 11.6 Å². The Morgan fingerprint density at radius 2 is 2.24 bits per heavy atom. The number of ether oxygens (including phenoxy) is 1. The SMILES string of the molecule is O=c1[nH]c(=O)n(C2OC(CO)C(O)C2(F)C#CCl)cc1F. The predicted molar refractivity (Wildman–Crippen MR) is 65.8 cm³/mol. The van der Waals surface area contributed by atoms with E-state index < -0.39 is 47.8 Å². The molecule has 4 atom stereocenters. The average Bonchev–Trinajstić information content (AvgIpc) is 2.67. The van der Waals surface area contributed by atoms with Crippen LogP contribution in [0.2, 0.25) is 0 Å². The Hall–Kier alpha value is -1.73. The van der Waals surface area contributed by atoms with Gasteiger partial charge in [0.15, 0.2) is 6.23 Å². The molecule has 0 aliphatic carbocycles. The zero-order valence-electron chi connectivity index (χ0n) is 10.2. The van der Waals surface area contributed by atoms with Crippen LogP contribution in [0.15, 0.2) is 15.8 Å². The Balaban J connectivity index is 2.60. The standard InChI is InChI=1S/C11H9ClF2N2O5/c12-2-1-11(14)7(18)6(4-17)21-9(11)16-3-5(13)8(19)15-10(16)20/h3,6-7,9,17-18H,4H2,(H,15,19,20). The van der Waals surface area contributed by atoms with Gasteiger partial charge in [0.25, 0.3) is 5.56 Å². The van der Waals surface area contributed by atoms with Crippen LogP contribution in [-0.2, 0) is 4.74 Å². The van der Waals surface area contributed by atoms with Gasteiger partial charge in [0, 0.05) is 5.38 Å². The molecule has 1 aromatic rings. The van der Waals surface area contributed by atoms with Crippen molar-refractivity contribution in [3.05, 3.63) is 32.9 Å². The summed E-state index contributed by atoms with van der Waals surface area (Å²) in [7, 11) is 0. The topological polar surface area (TPSA) is 105 Å². The van der Waals surface area contributed by atoms with Crippen LogP contribution in [0.3, 0.4) is 0 Å². The number of aliphatic hydroxyl groups excluding tert-OH is 2. The Labute approximate surface area is 120 Å². The number of halogens is 3. The summed E-state index contributed by atoms with van der Waals surface area (Å²) in [5, 5.41) is 20.5. The van der Waals surface area contributed by atoms with Gasteiger partial charge in [-0.3, -0.25) is 14.3 Å². The molecule has 10 heteroatoms. The highest BCUT2D eigenvalue weighted by Gasteiger charge is 2.58. The number of H-pyrrole nitrogens is 1. The summed E-state index contributed by atoms with van der Waals surface area (Å²) in [5.74, 6) is 0.473. The third-order valence-corrected chi connectivity index (χ3v) is 3.14. The van der Waals surface area contributed by atoms with Crippen molar-refractivity contribution in [3.63, 3.8) is 0 Å². The highest BCUT2D eigenvalue weighted by atomic mass is 35.5. The molecule has 21 heavy (non-hydrogen) atoms. The van der Waals surface area contributed by atoms with E-state index in [0.29, 0.717) is 10.8 Å². The number of aromatic nitrogens is 2. The lowest BCUT2D eigenvalue weighted by molar-refractivity contribution is -0.0547. The quantitative estimate of drug-likeness (QED) is 0.595. The first-order valence-electron chi connectivity index (χ1n) is 5.62. The first-order chi connectivity index (χ1) is 9.85. The summed E-state index contributed by atoms with van der Waals surface area (Å²) in [6, 6.07) is 0. The molecule has 2 heterocycles. The van der Waals surface area contributed by atoms with Crippen LogP contribution in [-0.4, -0.2) is 44.2 Å². The fourth-order valence-corrected chi connectivity index (χ4v) is 2.15. The molecular weight excluding hydrogens is 314 g/mol. The summed E-state index contributed by atoms with van der Waals surface area (Å²) in [5.41, 5.74) is -5.33. The van der Waals surface area contributed by atoms with Crippen molar-refractivity contribution in [2.75, 3.05) is 6.61 Å². The molecule has 3 N–H and O–H groups in total. The summed E-state index contributed by atoms with van der Waals surface area (Å²) in [6.07, 6.45) is -4.81. The van der Waals surface area contributed by atoms with E-state index in [0.717, 1.165) is 0 Å². The molecule has 1 aromatic heterocycles. The second-order valence-electron chi connectivity index (χ2n) is 4.29. The Kier molecular flexibility index (Phi) is 4.15. The molecule has 1 aliphatic rings. The fraction of sp³-hybridized carbons (Fsp3) is 0.455. The number of hydrogen-bond acceptors (Lipinski definition) is 5. The molecule has 0 radical (unpaired) electrons. The molecule has 4 unspecified atom stereocenters. The van der Waals surface area contributed by atoms with Crippen molar-refractivity contribution < 1.29 is 23.7 Å². The molecule has 0 bridgehead atoms. The minimum Gasteiger partial charge on any atom is -0.394 e. The lowest BCUT2D eigenvalue weighted by Crippen LogP contribution is -2.45. The molecule has 2 rings (SSSR count). The van der Waals surface area contributed by atoms with Crippen LogP contribution in [0.1, 0.15) is 6.23 Å². The number of nitrogens with zero attached hydrogens (tertiary/aromatic N) is 1. The maximum atomic E-state index is 14.8. The van der Waals surface area contributed by atoms with E-state index in [-0.39, 0.29) is 0 Å². The van der Waals surface area contributed by atoms with Crippen molar-refractivity contribution in [2.45, 2.75) is 24.1 Å². The molecule has 0 amide bonds. The third-order valence-electron chi connectivity index (χ3n) is 3.04. The van der Waals surface area contributed by atoms with Crippen LogP contribution >= 0.6 is 11.6 Å². The number of hydrogen-bond donors (Lipinski definition) is 3. The van der Waals surface area contributed by atoms with E-state index in [1.54, 1.807) is 10.4 Å². The Morgan fingerprint density at radius 3 is 2.81 bits per heavy atom. The molecule has 7 nitrogen and oxygen atoms in total. The molecule has 1 fully saturated rings. The van der Waals surface area contributed by atoms with Gasteiger partial charge < -0.3 is 14.9 Å². The largest absolute Gasteiger partial charge is 0.394 e. The predicted octanol–water partition coefficient (Wildman–Crippen LogP) is -1.17. The molecule has 0 saturated carbocycles. The van der Waals surface area contributed by atoms with E-state index in [1.165, 1.54) is 0 Å². The van der Waals surface area contributed by atoms with E-state index in [4.69, 9.17) is 21.4 Å². The van der Waals surface area contributed by atoms with E-state index in [2.05, 4.69) is 0 Å². The fourth-order valence-electron chi connectivity index (χ4n) is 2.01. The van der Waals surface area contributed by atoms with Gasteiger partial charge in [0.05, 0.1) is 12.8 Å². The maximum Gasteiger partial charge on any atom is 0.330 e. The number of alkyl halides is 1. The van der Waals surface area contributed by atoms with Gasteiger partial charge in [-0.25, -0.2) is 9.18 Å². The van der Waals surface area contributed by atoms with Crippen molar-refractivity contribution in [1.82, 2.24) is 9.55 Å². The number of aromatic amines is 1. The van der Waals surface area contributed by atoms with Crippen LogP contribution in [0, 0.1) is 17.1 Å². The first-order valence-corrected chi connectivity index (χ1v) is 6.00. The van der Waals surface area contributed by atoms with Gasteiger partial charge in [-0.1, -0.05) is 0 Å². The summed E-state index contributed by atoms with van der Waals surface area (Å²) in [4.78, 5) is 24.2. The molecule has 1 aliphatic heterocycles. The van der Waals surface area contributed by atoms with Gasteiger partial charge >= 0.3 is 5.69 Å². The smallest absolute Gasteiger partial charge is 0.330 e. The zero-order chi connectivity index (χ0) is 15.8. The second-order valence-corrected chi connectivity index (χ2v) is 4.47. The molecular formula is C11H9ClF2N2O5. The van der Waals surface area contributed by atoms with Crippen molar-refractivity contribution in [2.24, 2.45) is 0 Å². The Morgan fingerprint density at radius 1 is 1.57 bits per heavy atom. The number of aliphatic hydroxyl groups is 2. The van der Waals surface area contributed by atoms with Gasteiger partial charge in [-0.15, -0.1) is 0 Å². The average molecular weight is 323 g/mol. The lowest BCUT2D eigenvalue weighted by Gasteiger charge is -2.23. The number of rotatable bonds is 2. The van der Waals surface area contributed by atoms with Gasteiger partial charge in [-0.05, 0) is 17.5 Å². The number of nitrogens with one attached hydrogen (secondary N) is 1. The minimum absolute atomic E-state index is 0.386. The van der Waals surface area contributed by atoms with E-state index in [9.17, 15) is 23.5 Å². The Bertz CT molecular complexity index is 724. The zero-order valence-corrected chi connectivity index (χ0v) is 11.0. The van der Waals surface area contributed by atoms with Crippen LogP contribution in [0.4, 0.5) is 8.78 Å². The summed E-state index contributed by atoms with van der Waals surface area (Å²) in [6.45, 7) is -0.770. The van der Waals surface area contributed by atoms with Crippen LogP contribution < -0.4 is 11.2 Å². The van der Waals surface area contributed by atoms with Gasteiger partial charge in [0.2, 0.25) is 11.5 Å². The van der Waals surface area contributed by atoms with Crippen LogP contribution in [0.25, 0.3) is 0 Å². The van der Waals surface area contributed by atoms with Gasteiger partial charge in [-0.2, -0.15) is 4.39 Å².